The number of pyridine rings is 1. The topological polar surface area (TPSA) is 104 Å². The molecule has 0 saturated heterocycles. The molecular weight excluding hydrogens is 530 g/mol. The number of ether oxygens (including phenoxy) is 3. The monoisotopic (exact) mass is 563 g/mol. The summed E-state index contributed by atoms with van der Waals surface area (Å²) in [5, 5.41) is 13.3. The number of nitrogens with zero attached hydrogens (tertiary/aromatic N) is 3. The van der Waals surface area contributed by atoms with E-state index in [0.717, 1.165) is 61.7 Å². The minimum absolute atomic E-state index is 0.336. The van der Waals surface area contributed by atoms with E-state index < -0.39 is 17.7 Å². The number of hydrogen-bond donors (Lipinski definition) is 1. The van der Waals surface area contributed by atoms with E-state index in [4.69, 9.17) is 19.2 Å². The highest BCUT2D eigenvalue weighted by Gasteiger charge is 2.32. The molecule has 1 atom stereocenters. The van der Waals surface area contributed by atoms with E-state index in [1.807, 2.05) is 77.2 Å². The zero-order valence-corrected chi connectivity index (χ0v) is 24.4. The van der Waals surface area contributed by atoms with Gasteiger partial charge in [-0.2, -0.15) is 0 Å². The molecule has 3 heterocycles. The van der Waals surface area contributed by atoms with Crippen molar-refractivity contribution in [3.63, 3.8) is 0 Å². The van der Waals surface area contributed by atoms with E-state index in [2.05, 4.69) is 16.0 Å². The number of fused-ring (bicyclic) bond motifs is 1. The molecule has 0 amide bonds. The second-order valence-electron chi connectivity index (χ2n) is 11.5. The Kier molecular flexibility index (Phi) is 7.02. The van der Waals surface area contributed by atoms with Crippen LogP contribution in [0.2, 0.25) is 0 Å². The summed E-state index contributed by atoms with van der Waals surface area (Å²) in [5.41, 5.74) is 6.10. The van der Waals surface area contributed by atoms with Crippen LogP contribution in [0.5, 0.6) is 11.8 Å². The number of carboxylic acids is 1. The molecule has 0 bridgehead atoms. The second-order valence-corrected chi connectivity index (χ2v) is 11.5. The van der Waals surface area contributed by atoms with Gasteiger partial charge in [-0.15, -0.1) is 0 Å². The minimum atomic E-state index is -1.19. The maximum absolute atomic E-state index is 12.8. The molecule has 8 heteroatoms. The first-order valence-electron chi connectivity index (χ1n) is 14.1. The molecular formula is C34H33N3O5. The van der Waals surface area contributed by atoms with Crippen molar-refractivity contribution in [3.05, 3.63) is 77.7 Å². The quantitative estimate of drug-likeness (QED) is 0.224. The summed E-state index contributed by atoms with van der Waals surface area (Å²) in [6.07, 6.45) is 4.91. The molecule has 1 unspecified atom stereocenters. The molecule has 42 heavy (non-hydrogen) atoms. The largest absolute Gasteiger partial charge is 0.493 e. The van der Waals surface area contributed by atoms with Gasteiger partial charge in [-0.3, -0.25) is 4.98 Å². The average Bonchev–Trinajstić information content (AvgIpc) is 2.96. The normalized spacial score (nSPS) is 13.6. The second kappa shape index (κ2) is 10.7. The molecule has 0 radical (unpaired) electrons. The molecule has 1 N–H and O–H groups in total. The first-order valence-corrected chi connectivity index (χ1v) is 14.1. The van der Waals surface area contributed by atoms with Crippen LogP contribution in [0.15, 0.2) is 61.1 Å². The SMILES string of the molecule is CCOc1ncc(-c2ccc3c(-c4ccc5c6c(ccnc46)CCO5)c(C(OC(C)(C)C)C(=O)O)c(C)cc3c2)cn1. The Morgan fingerprint density at radius 2 is 1.83 bits per heavy atom. The zero-order valence-electron chi connectivity index (χ0n) is 24.4. The summed E-state index contributed by atoms with van der Waals surface area (Å²) >= 11 is 0. The summed E-state index contributed by atoms with van der Waals surface area (Å²) in [6, 6.07) is 14.5. The molecule has 5 aromatic rings. The molecule has 0 fully saturated rings. The predicted octanol–water partition coefficient (Wildman–Crippen LogP) is 7.09. The number of hydrogen-bond acceptors (Lipinski definition) is 7. The van der Waals surface area contributed by atoms with E-state index >= 15 is 0 Å². The number of benzene rings is 3. The Morgan fingerprint density at radius 1 is 1.05 bits per heavy atom. The van der Waals surface area contributed by atoms with E-state index in [1.165, 1.54) is 5.56 Å². The van der Waals surface area contributed by atoms with Crippen LogP contribution in [0, 0.1) is 6.92 Å². The maximum Gasteiger partial charge on any atom is 0.337 e. The van der Waals surface area contributed by atoms with Gasteiger partial charge in [0.1, 0.15) is 5.75 Å². The predicted molar refractivity (Wildman–Crippen MR) is 162 cm³/mol. The summed E-state index contributed by atoms with van der Waals surface area (Å²) in [6.45, 7) is 10.5. The van der Waals surface area contributed by atoms with Crippen molar-refractivity contribution in [2.75, 3.05) is 13.2 Å². The van der Waals surface area contributed by atoms with Crippen LogP contribution in [-0.4, -0.2) is 44.8 Å². The fraction of sp³-hybridized carbons (Fsp3) is 0.294. The number of carbonyl (C=O) groups is 1. The first-order chi connectivity index (χ1) is 20.1. The Hall–Kier alpha value is -4.56. The van der Waals surface area contributed by atoms with E-state index in [1.54, 1.807) is 12.4 Å². The lowest BCUT2D eigenvalue weighted by Gasteiger charge is -2.29. The molecule has 1 aliphatic heterocycles. The van der Waals surface area contributed by atoms with E-state index in [9.17, 15) is 9.90 Å². The van der Waals surface area contributed by atoms with Gasteiger partial charge in [0, 0.05) is 47.1 Å². The zero-order chi connectivity index (χ0) is 29.6. The third-order valence-electron chi connectivity index (χ3n) is 7.42. The van der Waals surface area contributed by atoms with Crippen molar-refractivity contribution in [1.82, 2.24) is 15.0 Å². The highest BCUT2D eigenvalue weighted by Crippen LogP contribution is 2.45. The molecule has 8 nitrogen and oxygen atoms in total. The van der Waals surface area contributed by atoms with Crippen LogP contribution in [-0.2, 0) is 16.0 Å². The standard InChI is InChI=1S/C34H33N3O5/c1-6-40-33-36-17-23(18-37-33)21-7-8-24-22(16-21)15-19(2)27(31(32(38)39)42-34(3,4)5)29(24)25-9-10-26-28-20(12-14-41-26)11-13-35-30(25)28/h7-11,13,15-18,31H,6,12,14H2,1-5H3,(H,38,39). The van der Waals surface area contributed by atoms with Crippen LogP contribution >= 0.6 is 0 Å². The van der Waals surface area contributed by atoms with Crippen molar-refractivity contribution in [2.24, 2.45) is 0 Å². The van der Waals surface area contributed by atoms with Crippen LogP contribution in [0.3, 0.4) is 0 Å². The Morgan fingerprint density at radius 3 is 2.55 bits per heavy atom. The van der Waals surface area contributed by atoms with E-state index in [-0.39, 0.29) is 0 Å². The van der Waals surface area contributed by atoms with Crippen LogP contribution < -0.4 is 9.47 Å². The molecule has 1 aliphatic rings. The van der Waals surface area contributed by atoms with Crippen molar-refractivity contribution < 1.29 is 24.1 Å². The van der Waals surface area contributed by atoms with Gasteiger partial charge < -0.3 is 19.3 Å². The number of carboxylic acid groups (broad SMARTS) is 1. The Bertz CT molecular complexity index is 1820. The average molecular weight is 564 g/mol. The summed E-state index contributed by atoms with van der Waals surface area (Å²) in [5.74, 6) is -0.254. The third-order valence-corrected chi connectivity index (χ3v) is 7.42. The van der Waals surface area contributed by atoms with Crippen molar-refractivity contribution >= 4 is 27.6 Å². The summed E-state index contributed by atoms with van der Waals surface area (Å²) in [4.78, 5) is 26.3. The summed E-state index contributed by atoms with van der Waals surface area (Å²) < 4.78 is 17.6. The molecule has 6 rings (SSSR count). The highest BCUT2D eigenvalue weighted by atomic mass is 16.5. The van der Waals surface area contributed by atoms with Crippen molar-refractivity contribution in [1.29, 1.82) is 0 Å². The van der Waals surface area contributed by atoms with Crippen LogP contribution in [0.25, 0.3) is 43.9 Å². The van der Waals surface area contributed by atoms with Gasteiger partial charge >= 0.3 is 12.0 Å². The maximum atomic E-state index is 12.8. The van der Waals surface area contributed by atoms with Crippen LogP contribution in [0.1, 0.15) is 50.5 Å². The lowest BCUT2D eigenvalue weighted by atomic mass is 9.85. The molecule has 0 spiro atoms. The Labute approximate surface area is 244 Å². The smallest absolute Gasteiger partial charge is 0.337 e. The van der Waals surface area contributed by atoms with Gasteiger partial charge in [0.2, 0.25) is 0 Å². The molecule has 214 valence electrons. The number of aliphatic carboxylic acids is 1. The molecule has 2 aromatic heterocycles. The van der Waals surface area contributed by atoms with Gasteiger partial charge in [0.25, 0.3) is 0 Å². The first kappa shape index (κ1) is 27.6. The molecule has 0 saturated carbocycles. The van der Waals surface area contributed by atoms with Gasteiger partial charge in [-0.1, -0.05) is 18.2 Å². The fourth-order valence-corrected chi connectivity index (χ4v) is 5.73. The van der Waals surface area contributed by atoms with Crippen LogP contribution in [0.4, 0.5) is 0 Å². The number of rotatable bonds is 7. The van der Waals surface area contributed by atoms with Gasteiger partial charge in [0.05, 0.1) is 24.3 Å². The highest BCUT2D eigenvalue weighted by molar-refractivity contribution is 6.09. The lowest BCUT2D eigenvalue weighted by molar-refractivity contribution is -0.160. The fourth-order valence-electron chi connectivity index (χ4n) is 5.73. The van der Waals surface area contributed by atoms with Crippen molar-refractivity contribution in [2.45, 2.75) is 52.7 Å². The molecule has 3 aromatic carbocycles. The third kappa shape index (κ3) is 5.03. The van der Waals surface area contributed by atoms with Gasteiger partial charge in [-0.05, 0) is 91.9 Å². The molecule has 0 aliphatic carbocycles. The Balaban J connectivity index is 1.64. The van der Waals surface area contributed by atoms with Gasteiger partial charge in [0.15, 0.2) is 6.10 Å². The van der Waals surface area contributed by atoms with Gasteiger partial charge in [-0.25, -0.2) is 14.8 Å². The summed E-state index contributed by atoms with van der Waals surface area (Å²) in [7, 11) is 0. The van der Waals surface area contributed by atoms with Crippen molar-refractivity contribution in [3.8, 4) is 34.0 Å². The lowest BCUT2D eigenvalue weighted by Crippen LogP contribution is -2.28. The minimum Gasteiger partial charge on any atom is -0.493 e. The number of aryl methyl sites for hydroxylation is 1. The number of aromatic nitrogens is 3. The van der Waals surface area contributed by atoms with E-state index in [0.29, 0.717) is 24.8 Å².